The Labute approximate surface area is 199 Å². The molecule has 0 radical (unpaired) electrons. The Hall–Kier alpha value is -3.45. The van der Waals surface area contributed by atoms with E-state index in [2.05, 4.69) is 11.1 Å². The number of para-hydroxylation sites is 1. The molecule has 1 fully saturated rings. The van der Waals surface area contributed by atoms with Crippen molar-refractivity contribution in [2.45, 2.75) is 51.7 Å². The highest BCUT2D eigenvalue weighted by Crippen LogP contribution is 2.33. The van der Waals surface area contributed by atoms with Gasteiger partial charge in [-0.2, -0.15) is 10.4 Å². The lowest BCUT2D eigenvalue weighted by molar-refractivity contribution is -0.243. The zero-order valence-corrected chi connectivity index (χ0v) is 19.7. The molecule has 0 spiro atoms. The molecule has 178 valence electrons. The van der Waals surface area contributed by atoms with Crippen LogP contribution in [0.25, 0.3) is 11.3 Å². The zero-order valence-electron chi connectivity index (χ0n) is 19.7. The topological polar surface area (TPSA) is 122 Å². The summed E-state index contributed by atoms with van der Waals surface area (Å²) in [5.74, 6) is 1.48. The lowest BCUT2D eigenvalue weighted by Crippen LogP contribution is -2.46. The number of rotatable bonds is 6. The summed E-state index contributed by atoms with van der Waals surface area (Å²) in [5, 5.41) is 24.8. The molecule has 1 aliphatic heterocycles. The summed E-state index contributed by atoms with van der Waals surface area (Å²) >= 11 is 0. The summed E-state index contributed by atoms with van der Waals surface area (Å²) in [7, 11) is 0. The zero-order chi connectivity index (χ0) is 24.3. The standard InChI is InChI=1S/C25H30N6O3/c1-25(2,3)34-24(32)30-13-11-18(12-14-30)31-23(27)20(15-26)22(29-31)17-9-10-21(28-16-17)33-19-7-5-4-6-8-19/h4-10,16,18,24,32H,11-14,27H2,1-3H3. The summed E-state index contributed by atoms with van der Waals surface area (Å²) in [6, 6.07) is 15.2. The molecule has 1 unspecified atom stereocenters. The highest BCUT2D eigenvalue weighted by atomic mass is 16.6. The molecule has 4 rings (SSSR count). The van der Waals surface area contributed by atoms with Crippen LogP contribution in [0.4, 0.5) is 5.82 Å². The van der Waals surface area contributed by atoms with Gasteiger partial charge < -0.3 is 20.3 Å². The Kier molecular flexibility index (Phi) is 6.84. The van der Waals surface area contributed by atoms with Gasteiger partial charge in [-0.05, 0) is 51.8 Å². The van der Waals surface area contributed by atoms with Gasteiger partial charge >= 0.3 is 0 Å². The van der Waals surface area contributed by atoms with E-state index in [1.54, 1.807) is 16.9 Å². The number of aliphatic hydroxyl groups is 1. The van der Waals surface area contributed by atoms with E-state index >= 15 is 0 Å². The fourth-order valence-corrected chi connectivity index (χ4v) is 3.97. The Morgan fingerprint density at radius 1 is 1.15 bits per heavy atom. The van der Waals surface area contributed by atoms with Crippen LogP contribution in [-0.4, -0.2) is 49.9 Å². The third-order valence-corrected chi connectivity index (χ3v) is 5.65. The molecule has 1 aromatic carbocycles. The van der Waals surface area contributed by atoms with Crippen molar-refractivity contribution < 1.29 is 14.6 Å². The van der Waals surface area contributed by atoms with E-state index in [9.17, 15) is 10.4 Å². The maximum absolute atomic E-state index is 10.4. The van der Waals surface area contributed by atoms with E-state index in [1.807, 2.05) is 62.1 Å². The van der Waals surface area contributed by atoms with Crippen molar-refractivity contribution in [3.05, 3.63) is 54.2 Å². The third-order valence-electron chi connectivity index (χ3n) is 5.65. The van der Waals surface area contributed by atoms with Gasteiger partial charge in [-0.15, -0.1) is 0 Å². The monoisotopic (exact) mass is 462 g/mol. The molecule has 34 heavy (non-hydrogen) atoms. The van der Waals surface area contributed by atoms with E-state index in [0.717, 1.165) is 12.8 Å². The quantitative estimate of drug-likeness (QED) is 0.529. The number of nitrogens with zero attached hydrogens (tertiary/aromatic N) is 5. The minimum Gasteiger partial charge on any atom is -0.439 e. The van der Waals surface area contributed by atoms with Crippen LogP contribution < -0.4 is 10.5 Å². The number of aliphatic hydroxyl groups excluding tert-OH is 1. The number of hydrogen-bond donors (Lipinski definition) is 2. The highest BCUT2D eigenvalue weighted by molar-refractivity contribution is 5.72. The summed E-state index contributed by atoms with van der Waals surface area (Å²) in [6.45, 7) is 6.99. The fourth-order valence-electron chi connectivity index (χ4n) is 3.97. The fraction of sp³-hybridized carbons (Fsp3) is 0.400. The van der Waals surface area contributed by atoms with Crippen molar-refractivity contribution in [1.29, 1.82) is 5.26 Å². The van der Waals surface area contributed by atoms with Crippen LogP contribution in [0.15, 0.2) is 48.7 Å². The van der Waals surface area contributed by atoms with Crippen LogP contribution in [0.2, 0.25) is 0 Å². The van der Waals surface area contributed by atoms with Gasteiger partial charge in [-0.1, -0.05) is 18.2 Å². The lowest BCUT2D eigenvalue weighted by Gasteiger charge is -2.37. The predicted molar refractivity (Wildman–Crippen MR) is 128 cm³/mol. The molecule has 3 heterocycles. The Morgan fingerprint density at radius 2 is 1.85 bits per heavy atom. The SMILES string of the molecule is CC(C)(C)OC(O)N1CCC(n2nc(-c3ccc(Oc4ccccc4)nc3)c(C#N)c2N)CC1. The predicted octanol–water partition coefficient (Wildman–Crippen LogP) is 3.92. The van der Waals surface area contributed by atoms with Crippen LogP contribution >= 0.6 is 0 Å². The van der Waals surface area contributed by atoms with Crippen molar-refractivity contribution in [3.8, 4) is 29.0 Å². The lowest BCUT2D eigenvalue weighted by atomic mass is 10.1. The van der Waals surface area contributed by atoms with E-state index < -0.39 is 12.0 Å². The van der Waals surface area contributed by atoms with Crippen molar-refractivity contribution in [2.75, 3.05) is 18.8 Å². The van der Waals surface area contributed by atoms with E-state index in [4.69, 9.17) is 20.3 Å². The third kappa shape index (κ3) is 5.37. The smallest absolute Gasteiger partial charge is 0.219 e. The normalized spacial score (nSPS) is 16.2. The average Bonchev–Trinajstić information content (AvgIpc) is 3.15. The molecule has 0 aliphatic carbocycles. The number of piperidine rings is 1. The second kappa shape index (κ2) is 9.81. The van der Waals surface area contributed by atoms with Crippen LogP contribution in [0, 0.1) is 11.3 Å². The minimum absolute atomic E-state index is 0.0209. The maximum atomic E-state index is 10.4. The van der Waals surface area contributed by atoms with Crippen LogP contribution in [0.5, 0.6) is 11.6 Å². The molecular weight excluding hydrogens is 432 g/mol. The number of likely N-dealkylation sites (tertiary alicyclic amines) is 1. The van der Waals surface area contributed by atoms with E-state index in [1.165, 1.54) is 0 Å². The number of nitrogens with two attached hydrogens (primary N) is 1. The van der Waals surface area contributed by atoms with Gasteiger partial charge in [-0.25, -0.2) is 9.67 Å². The molecular formula is C25H30N6O3. The highest BCUT2D eigenvalue weighted by Gasteiger charge is 2.30. The van der Waals surface area contributed by atoms with Gasteiger partial charge in [-0.3, -0.25) is 4.90 Å². The van der Waals surface area contributed by atoms with Gasteiger partial charge in [0.05, 0.1) is 11.6 Å². The summed E-state index contributed by atoms with van der Waals surface area (Å²) < 4.78 is 13.1. The first-order chi connectivity index (χ1) is 16.2. The molecule has 0 amide bonds. The summed E-state index contributed by atoms with van der Waals surface area (Å²) in [4.78, 5) is 6.26. The molecule has 0 saturated carbocycles. The molecule has 2 aromatic heterocycles. The van der Waals surface area contributed by atoms with E-state index in [0.29, 0.717) is 47.4 Å². The second-order valence-corrected chi connectivity index (χ2v) is 9.29. The molecule has 1 saturated heterocycles. The molecule has 9 heteroatoms. The summed E-state index contributed by atoms with van der Waals surface area (Å²) in [5.41, 5.74) is 7.42. The molecule has 1 atom stereocenters. The number of nitriles is 1. The molecule has 0 bridgehead atoms. The molecule has 3 aromatic rings. The Morgan fingerprint density at radius 3 is 2.44 bits per heavy atom. The van der Waals surface area contributed by atoms with Crippen molar-refractivity contribution >= 4 is 5.82 Å². The summed E-state index contributed by atoms with van der Waals surface area (Å²) in [6.07, 6.45) is 2.13. The van der Waals surface area contributed by atoms with Crippen LogP contribution in [0.1, 0.15) is 45.2 Å². The van der Waals surface area contributed by atoms with Crippen LogP contribution in [-0.2, 0) is 4.74 Å². The van der Waals surface area contributed by atoms with Gasteiger partial charge in [0.2, 0.25) is 12.3 Å². The molecule has 1 aliphatic rings. The second-order valence-electron chi connectivity index (χ2n) is 9.29. The van der Waals surface area contributed by atoms with Crippen LogP contribution in [0.3, 0.4) is 0 Å². The number of nitrogen functional groups attached to an aromatic ring is 1. The molecule has 3 N–H and O–H groups in total. The van der Waals surface area contributed by atoms with Crippen molar-refractivity contribution in [3.63, 3.8) is 0 Å². The van der Waals surface area contributed by atoms with Gasteiger partial charge in [0, 0.05) is 30.9 Å². The van der Waals surface area contributed by atoms with Crippen molar-refractivity contribution in [2.24, 2.45) is 0 Å². The first-order valence-corrected chi connectivity index (χ1v) is 11.3. The number of hydrogen-bond acceptors (Lipinski definition) is 8. The first-order valence-electron chi connectivity index (χ1n) is 11.3. The van der Waals surface area contributed by atoms with Gasteiger partial charge in [0.15, 0.2) is 0 Å². The number of aromatic nitrogens is 3. The van der Waals surface area contributed by atoms with E-state index in [-0.39, 0.29) is 6.04 Å². The number of ether oxygens (including phenoxy) is 2. The van der Waals surface area contributed by atoms with Gasteiger partial charge in [0.1, 0.15) is 28.9 Å². The average molecular weight is 463 g/mol. The molecule has 9 nitrogen and oxygen atoms in total. The van der Waals surface area contributed by atoms with Gasteiger partial charge in [0.25, 0.3) is 0 Å². The Balaban J connectivity index is 1.48. The largest absolute Gasteiger partial charge is 0.439 e. The number of anilines is 1. The Bertz CT molecular complexity index is 1140. The maximum Gasteiger partial charge on any atom is 0.219 e. The minimum atomic E-state index is -0.955. The van der Waals surface area contributed by atoms with Crippen molar-refractivity contribution in [1.82, 2.24) is 19.7 Å². The first kappa shape index (κ1) is 23.7. The number of pyridine rings is 1. The number of benzene rings is 1.